The van der Waals surface area contributed by atoms with Crippen molar-refractivity contribution in [3.63, 3.8) is 0 Å². The number of rotatable bonds is 3. The Kier molecular flexibility index (Phi) is 4.46. The van der Waals surface area contributed by atoms with E-state index >= 15 is 0 Å². The fourth-order valence-electron chi connectivity index (χ4n) is 2.75. The fraction of sp³-hybridized carbons (Fsp3) is 0.562. The van der Waals surface area contributed by atoms with Crippen LogP contribution in [0.25, 0.3) is 0 Å². The maximum absolute atomic E-state index is 11.8. The summed E-state index contributed by atoms with van der Waals surface area (Å²) in [6.45, 7) is 4.86. The van der Waals surface area contributed by atoms with Gasteiger partial charge in [-0.25, -0.2) is 4.79 Å². The predicted molar refractivity (Wildman–Crippen MR) is 75.8 cm³/mol. The van der Waals surface area contributed by atoms with Crippen molar-refractivity contribution >= 4 is 6.09 Å². The Labute approximate surface area is 115 Å². The van der Waals surface area contributed by atoms with E-state index in [-0.39, 0.29) is 12.1 Å². The van der Waals surface area contributed by atoms with Crippen LogP contribution in [0.4, 0.5) is 4.79 Å². The summed E-state index contributed by atoms with van der Waals surface area (Å²) in [5, 5.41) is 2.98. The van der Waals surface area contributed by atoms with Crippen LogP contribution < -0.4 is 5.32 Å². The van der Waals surface area contributed by atoms with Crippen molar-refractivity contribution < 1.29 is 9.53 Å². The van der Waals surface area contributed by atoms with Gasteiger partial charge in [-0.05, 0) is 30.2 Å². The van der Waals surface area contributed by atoms with Crippen molar-refractivity contribution in [3.8, 4) is 0 Å². The lowest BCUT2D eigenvalue weighted by Gasteiger charge is -2.35. The van der Waals surface area contributed by atoms with Gasteiger partial charge in [-0.1, -0.05) is 50.6 Å². The van der Waals surface area contributed by atoms with E-state index in [2.05, 4.69) is 19.2 Å². The molecule has 0 radical (unpaired) electrons. The van der Waals surface area contributed by atoms with Gasteiger partial charge >= 0.3 is 6.09 Å². The molecule has 1 fully saturated rings. The lowest BCUT2D eigenvalue weighted by atomic mass is 9.75. The Morgan fingerprint density at radius 1 is 1.37 bits per heavy atom. The van der Waals surface area contributed by atoms with Crippen LogP contribution in [0.15, 0.2) is 30.3 Å². The number of hydrogen-bond donors (Lipinski definition) is 1. The molecule has 2 rings (SSSR count). The first-order valence-electron chi connectivity index (χ1n) is 7.02. The smallest absolute Gasteiger partial charge is 0.407 e. The van der Waals surface area contributed by atoms with Crippen molar-refractivity contribution in [2.45, 2.75) is 52.2 Å². The molecule has 1 aliphatic rings. The Balaban J connectivity index is 1.75. The molecular formula is C16H23NO2. The first kappa shape index (κ1) is 13.9. The largest absolute Gasteiger partial charge is 0.445 e. The van der Waals surface area contributed by atoms with Gasteiger partial charge in [-0.3, -0.25) is 0 Å². The number of alkyl carbamates (subject to hydrolysis) is 1. The van der Waals surface area contributed by atoms with E-state index in [0.29, 0.717) is 12.0 Å². The highest BCUT2D eigenvalue weighted by atomic mass is 16.5. The molecule has 19 heavy (non-hydrogen) atoms. The molecule has 1 amide bonds. The van der Waals surface area contributed by atoms with Gasteiger partial charge in [0.05, 0.1) is 0 Å². The number of carbonyl (C=O) groups excluding carboxylic acids is 1. The molecule has 0 bridgehead atoms. The maximum atomic E-state index is 11.8. The van der Waals surface area contributed by atoms with Gasteiger partial charge in [0, 0.05) is 6.04 Å². The number of hydrogen-bond acceptors (Lipinski definition) is 2. The van der Waals surface area contributed by atoms with E-state index in [4.69, 9.17) is 4.74 Å². The molecule has 0 saturated heterocycles. The SMILES string of the molecule is CC1(C)CCCC(NC(=O)OCc2ccccc2)C1. The second-order valence-electron chi connectivity index (χ2n) is 6.16. The third-order valence-corrected chi connectivity index (χ3v) is 3.74. The Bertz CT molecular complexity index is 414. The van der Waals surface area contributed by atoms with Crippen LogP contribution >= 0.6 is 0 Å². The topological polar surface area (TPSA) is 38.3 Å². The van der Waals surface area contributed by atoms with Gasteiger partial charge in [-0.2, -0.15) is 0 Å². The minimum Gasteiger partial charge on any atom is -0.445 e. The summed E-state index contributed by atoms with van der Waals surface area (Å²) < 4.78 is 5.25. The lowest BCUT2D eigenvalue weighted by Crippen LogP contribution is -2.40. The number of carbonyl (C=O) groups is 1. The van der Waals surface area contributed by atoms with Gasteiger partial charge in [0.15, 0.2) is 0 Å². The highest BCUT2D eigenvalue weighted by molar-refractivity contribution is 5.67. The Morgan fingerprint density at radius 2 is 2.11 bits per heavy atom. The standard InChI is InChI=1S/C16H23NO2/c1-16(2)10-6-9-14(11-16)17-15(18)19-12-13-7-4-3-5-8-13/h3-5,7-8,14H,6,9-12H2,1-2H3,(H,17,18). The molecule has 3 nitrogen and oxygen atoms in total. The lowest BCUT2D eigenvalue weighted by molar-refractivity contribution is 0.124. The molecule has 0 heterocycles. The molecule has 1 aromatic carbocycles. The van der Waals surface area contributed by atoms with Crippen molar-refractivity contribution in [3.05, 3.63) is 35.9 Å². The van der Waals surface area contributed by atoms with Crippen LogP contribution in [-0.4, -0.2) is 12.1 Å². The predicted octanol–water partition coefficient (Wildman–Crippen LogP) is 3.88. The summed E-state index contributed by atoms with van der Waals surface area (Å²) >= 11 is 0. The summed E-state index contributed by atoms with van der Waals surface area (Å²) in [5.74, 6) is 0. The molecule has 104 valence electrons. The summed E-state index contributed by atoms with van der Waals surface area (Å²) in [6.07, 6.45) is 4.21. The Hall–Kier alpha value is -1.51. The zero-order chi connectivity index (χ0) is 13.7. The molecule has 1 aliphatic carbocycles. The van der Waals surface area contributed by atoms with Crippen LogP contribution in [0.3, 0.4) is 0 Å². The zero-order valence-electron chi connectivity index (χ0n) is 11.8. The summed E-state index contributed by atoms with van der Waals surface area (Å²) in [7, 11) is 0. The number of amides is 1. The van der Waals surface area contributed by atoms with Crippen LogP contribution in [0.1, 0.15) is 45.1 Å². The second kappa shape index (κ2) is 6.09. The molecule has 3 heteroatoms. The Morgan fingerprint density at radius 3 is 2.79 bits per heavy atom. The van der Waals surface area contributed by atoms with Crippen LogP contribution in [-0.2, 0) is 11.3 Å². The molecule has 1 saturated carbocycles. The summed E-state index contributed by atoms with van der Waals surface area (Å²) in [4.78, 5) is 11.8. The first-order valence-corrected chi connectivity index (χ1v) is 7.02. The monoisotopic (exact) mass is 261 g/mol. The quantitative estimate of drug-likeness (QED) is 0.896. The highest BCUT2D eigenvalue weighted by Gasteiger charge is 2.28. The van der Waals surface area contributed by atoms with E-state index < -0.39 is 0 Å². The molecule has 0 spiro atoms. The van der Waals surface area contributed by atoms with Gasteiger partial charge in [0.2, 0.25) is 0 Å². The number of benzene rings is 1. The van der Waals surface area contributed by atoms with Crippen molar-refractivity contribution in [1.29, 1.82) is 0 Å². The normalized spacial score (nSPS) is 21.7. The molecule has 1 aromatic rings. The molecule has 0 aliphatic heterocycles. The molecule has 0 aromatic heterocycles. The second-order valence-corrected chi connectivity index (χ2v) is 6.16. The van der Waals surface area contributed by atoms with E-state index in [1.54, 1.807) is 0 Å². The third kappa shape index (κ3) is 4.58. The first-order chi connectivity index (χ1) is 9.05. The average Bonchev–Trinajstić information content (AvgIpc) is 2.36. The summed E-state index contributed by atoms with van der Waals surface area (Å²) in [6, 6.07) is 10.0. The van der Waals surface area contributed by atoms with Crippen LogP contribution in [0, 0.1) is 5.41 Å². The van der Waals surface area contributed by atoms with E-state index in [1.807, 2.05) is 30.3 Å². The van der Waals surface area contributed by atoms with Crippen molar-refractivity contribution in [2.24, 2.45) is 5.41 Å². The van der Waals surface area contributed by atoms with Crippen LogP contribution in [0.5, 0.6) is 0 Å². The minimum absolute atomic E-state index is 0.257. The number of nitrogens with one attached hydrogen (secondary N) is 1. The van der Waals surface area contributed by atoms with Crippen molar-refractivity contribution in [2.75, 3.05) is 0 Å². The molecule has 1 atom stereocenters. The van der Waals surface area contributed by atoms with Crippen molar-refractivity contribution in [1.82, 2.24) is 5.32 Å². The molecule has 1 N–H and O–H groups in total. The highest BCUT2D eigenvalue weighted by Crippen LogP contribution is 2.35. The third-order valence-electron chi connectivity index (χ3n) is 3.74. The van der Waals surface area contributed by atoms with Gasteiger partial charge in [-0.15, -0.1) is 0 Å². The summed E-state index contributed by atoms with van der Waals surface area (Å²) in [5.41, 5.74) is 1.34. The molecule has 1 unspecified atom stereocenters. The van der Waals surface area contributed by atoms with E-state index in [0.717, 1.165) is 18.4 Å². The zero-order valence-corrected chi connectivity index (χ0v) is 11.8. The van der Waals surface area contributed by atoms with E-state index in [1.165, 1.54) is 12.8 Å². The maximum Gasteiger partial charge on any atom is 0.407 e. The molecular weight excluding hydrogens is 238 g/mol. The van der Waals surface area contributed by atoms with E-state index in [9.17, 15) is 4.79 Å². The number of ether oxygens (including phenoxy) is 1. The van der Waals surface area contributed by atoms with Gasteiger partial charge in [0.1, 0.15) is 6.61 Å². The minimum atomic E-state index is -0.299. The van der Waals surface area contributed by atoms with Gasteiger partial charge in [0.25, 0.3) is 0 Å². The van der Waals surface area contributed by atoms with Gasteiger partial charge < -0.3 is 10.1 Å². The van der Waals surface area contributed by atoms with Crippen LogP contribution in [0.2, 0.25) is 0 Å². The fourth-order valence-corrected chi connectivity index (χ4v) is 2.75. The average molecular weight is 261 g/mol.